The number of fused-ring (bicyclic) bond motifs is 1. The van der Waals surface area contributed by atoms with Crippen molar-refractivity contribution in [2.45, 2.75) is 17.5 Å². The highest BCUT2D eigenvalue weighted by atomic mass is 32.2. The van der Waals surface area contributed by atoms with E-state index in [0.717, 1.165) is 57.2 Å². The van der Waals surface area contributed by atoms with Gasteiger partial charge in [0.2, 0.25) is 0 Å². The maximum atomic E-state index is 13.1. The number of carbonyl (C=O) groups is 2. The summed E-state index contributed by atoms with van der Waals surface area (Å²) in [6, 6.07) is 5.63. The number of morpholine rings is 1. The number of aromatic nitrogens is 2. The van der Waals surface area contributed by atoms with Crippen molar-refractivity contribution in [2.75, 3.05) is 44.7 Å². The van der Waals surface area contributed by atoms with Gasteiger partial charge in [0.15, 0.2) is 5.82 Å². The Hall–Kier alpha value is -3.16. The zero-order valence-corrected chi connectivity index (χ0v) is 19.3. The maximum absolute atomic E-state index is 13.1. The predicted molar refractivity (Wildman–Crippen MR) is 123 cm³/mol. The number of rotatable bonds is 7. The van der Waals surface area contributed by atoms with E-state index in [0.29, 0.717) is 28.8 Å². The summed E-state index contributed by atoms with van der Waals surface area (Å²) < 4.78 is 44.5. The number of hydrogen-bond donors (Lipinski definition) is 3. The van der Waals surface area contributed by atoms with Crippen LogP contribution in [-0.2, 0) is 15.7 Å². The zero-order valence-electron chi connectivity index (χ0n) is 18.5. The van der Waals surface area contributed by atoms with Crippen LogP contribution >= 0.6 is 11.8 Å². The van der Waals surface area contributed by atoms with Gasteiger partial charge < -0.3 is 21.1 Å². The highest BCUT2D eigenvalue weighted by molar-refractivity contribution is 8.04. The Morgan fingerprint density at radius 2 is 2.00 bits per heavy atom. The summed E-state index contributed by atoms with van der Waals surface area (Å²) in [6.07, 6.45) is -2.98. The molecule has 2 amide bonds. The van der Waals surface area contributed by atoms with E-state index in [4.69, 9.17) is 10.5 Å². The molecule has 4 N–H and O–H groups in total. The molecule has 1 aromatic carbocycles. The number of alkyl halides is 3. The number of nitrogens with zero attached hydrogens (tertiary/aromatic N) is 3. The molecule has 0 radical (unpaired) electrons. The number of primary amides is 1. The number of amides is 2. The van der Waals surface area contributed by atoms with Gasteiger partial charge in [-0.2, -0.15) is 13.2 Å². The Labute approximate surface area is 203 Å². The Morgan fingerprint density at radius 1 is 1.23 bits per heavy atom. The molecular weight excluding hydrogens is 485 g/mol. The van der Waals surface area contributed by atoms with Crippen molar-refractivity contribution in [3.63, 3.8) is 0 Å². The van der Waals surface area contributed by atoms with E-state index >= 15 is 0 Å². The Kier molecular flexibility index (Phi) is 7.57. The van der Waals surface area contributed by atoms with Crippen molar-refractivity contribution < 1.29 is 27.5 Å². The van der Waals surface area contributed by atoms with Gasteiger partial charge in [0.25, 0.3) is 11.8 Å². The second-order valence-electron chi connectivity index (χ2n) is 7.83. The first kappa shape index (κ1) is 24.9. The molecule has 2 aliphatic rings. The molecular formula is C22H23F3N6O3S. The standard InChI is InChI=1S/C22H23F3N6O3S/c23-22(24,25)16-4-6-27-19(30-16)17(18(26)32)21-29-14-3-2-13(12-15(14)35-21)20(33)28-5-1-7-31-8-10-34-11-9-31/h2-4,6,12,29H,1,5,7-11H2,(H2,26,32)(H,28,33)/b21-17-. The summed E-state index contributed by atoms with van der Waals surface area (Å²) in [5.74, 6) is -1.66. The van der Waals surface area contributed by atoms with E-state index in [9.17, 15) is 22.8 Å². The number of carbonyl (C=O) groups excluding carboxylic acids is 2. The number of nitrogens with one attached hydrogen (secondary N) is 2. The Morgan fingerprint density at radius 3 is 2.71 bits per heavy atom. The lowest BCUT2D eigenvalue weighted by molar-refractivity contribution is -0.141. The molecule has 0 atom stereocenters. The van der Waals surface area contributed by atoms with Gasteiger partial charge >= 0.3 is 6.18 Å². The normalized spacial score (nSPS) is 17.5. The smallest absolute Gasteiger partial charge is 0.379 e. The largest absolute Gasteiger partial charge is 0.433 e. The van der Waals surface area contributed by atoms with Gasteiger partial charge in [-0.1, -0.05) is 11.8 Å². The number of benzene rings is 1. The van der Waals surface area contributed by atoms with E-state index in [1.54, 1.807) is 18.2 Å². The minimum Gasteiger partial charge on any atom is -0.379 e. The topological polar surface area (TPSA) is 122 Å². The van der Waals surface area contributed by atoms with Crippen LogP contribution in [0.1, 0.15) is 28.3 Å². The lowest BCUT2D eigenvalue weighted by atomic mass is 10.2. The molecule has 3 heterocycles. The SMILES string of the molecule is NC(=O)/C(=C1\Nc2ccc(C(=O)NCCCN3CCOCC3)cc2S1)c1nccc(C(F)(F)F)n1. The first-order chi connectivity index (χ1) is 16.7. The van der Waals surface area contributed by atoms with E-state index in [1.807, 2.05) is 0 Å². The first-order valence-corrected chi connectivity index (χ1v) is 11.7. The lowest BCUT2D eigenvalue weighted by Crippen LogP contribution is -2.38. The molecule has 186 valence electrons. The third kappa shape index (κ3) is 6.10. The minimum atomic E-state index is -4.70. The third-order valence-electron chi connectivity index (χ3n) is 5.39. The second kappa shape index (κ2) is 10.6. The highest BCUT2D eigenvalue weighted by Crippen LogP contribution is 2.44. The van der Waals surface area contributed by atoms with E-state index in [2.05, 4.69) is 25.5 Å². The zero-order chi connectivity index (χ0) is 25.0. The average molecular weight is 509 g/mol. The van der Waals surface area contributed by atoms with Crippen LogP contribution in [0.4, 0.5) is 18.9 Å². The molecule has 2 aliphatic heterocycles. The average Bonchev–Trinajstić information content (AvgIpc) is 3.24. The fourth-order valence-electron chi connectivity index (χ4n) is 3.61. The van der Waals surface area contributed by atoms with Crippen LogP contribution in [0.15, 0.2) is 40.4 Å². The van der Waals surface area contributed by atoms with Gasteiger partial charge in [-0.05, 0) is 37.2 Å². The monoisotopic (exact) mass is 508 g/mol. The Bertz CT molecular complexity index is 1150. The lowest BCUT2D eigenvalue weighted by Gasteiger charge is -2.26. The molecule has 1 aromatic heterocycles. The fraction of sp³-hybridized carbons (Fsp3) is 0.364. The number of anilines is 1. The molecule has 0 aliphatic carbocycles. The van der Waals surface area contributed by atoms with Gasteiger partial charge in [-0.25, -0.2) is 9.97 Å². The molecule has 4 rings (SSSR count). The molecule has 1 fully saturated rings. The van der Waals surface area contributed by atoms with Gasteiger partial charge in [0.05, 0.1) is 23.9 Å². The number of hydrogen-bond acceptors (Lipinski definition) is 8. The summed E-state index contributed by atoms with van der Waals surface area (Å²) in [5.41, 5.74) is 5.00. The van der Waals surface area contributed by atoms with Gasteiger partial charge in [-0.3, -0.25) is 14.5 Å². The molecule has 13 heteroatoms. The van der Waals surface area contributed by atoms with E-state index in [-0.39, 0.29) is 16.5 Å². The number of nitrogens with two attached hydrogens (primary N) is 1. The van der Waals surface area contributed by atoms with Crippen LogP contribution < -0.4 is 16.4 Å². The number of ether oxygens (including phenoxy) is 1. The van der Waals surface area contributed by atoms with Crippen LogP contribution in [0.25, 0.3) is 5.57 Å². The maximum Gasteiger partial charge on any atom is 0.433 e. The molecule has 1 saturated heterocycles. The molecule has 0 saturated carbocycles. The van der Waals surface area contributed by atoms with Crippen LogP contribution in [0.2, 0.25) is 0 Å². The number of halogens is 3. The molecule has 9 nitrogen and oxygen atoms in total. The van der Waals surface area contributed by atoms with Crippen molar-refractivity contribution >= 4 is 34.8 Å². The van der Waals surface area contributed by atoms with Crippen molar-refractivity contribution in [2.24, 2.45) is 5.73 Å². The summed E-state index contributed by atoms with van der Waals surface area (Å²) >= 11 is 1.07. The highest BCUT2D eigenvalue weighted by Gasteiger charge is 2.34. The van der Waals surface area contributed by atoms with E-state index in [1.165, 1.54) is 0 Å². The Balaban J connectivity index is 1.44. The molecule has 35 heavy (non-hydrogen) atoms. The van der Waals surface area contributed by atoms with Crippen LogP contribution in [0.3, 0.4) is 0 Å². The quantitative estimate of drug-likeness (QED) is 0.385. The van der Waals surface area contributed by atoms with Gasteiger partial charge in [0.1, 0.15) is 11.3 Å². The predicted octanol–water partition coefficient (Wildman–Crippen LogP) is 2.32. The summed E-state index contributed by atoms with van der Waals surface area (Å²) in [6.45, 7) is 4.61. The molecule has 2 aromatic rings. The first-order valence-electron chi connectivity index (χ1n) is 10.8. The van der Waals surface area contributed by atoms with Crippen molar-refractivity contribution in [1.82, 2.24) is 20.2 Å². The van der Waals surface area contributed by atoms with Crippen molar-refractivity contribution in [1.29, 1.82) is 0 Å². The summed E-state index contributed by atoms with van der Waals surface area (Å²) in [4.78, 5) is 34.9. The number of thioether (sulfide) groups is 1. The van der Waals surface area contributed by atoms with Crippen LogP contribution in [0, 0.1) is 0 Å². The van der Waals surface area contributed by atoms with Gasteiger partial charge in [0, 0.05) is 36.3 Å². The van der Waals surface area contributed by atoms with Crippen LogP contribution in [-0.4, -0.2) is 66.1 Å². The fourth-order valence-corrected chi connectivity index (χ4v) is 4.70. The minimum absolute atomic E-state index is 0.190. The van der Waals surface area contributed by atoms with Gasteiger partial charge in [-0.15, -0.1) is 0 Å². The molecule has 0 spiro atoms. The van der Waals surface area contributed by atoms with Crippen molar-refractivity contribution in [3.8, 4) is 0 Å². The van der Waals surface area contributed by atoms with E-state index < -0.39 is 23.6 Å². The summed E-state index contributed by atoms with van der Waals surface area (Å²) in [5, 5.41) is 6.04. The summed E-state index contributed by atoms with van der Waals surface area (Å²) in [7, 11) is 0. The third-order valence-corrected chi connectivity index (χ3v) is 6.46. The van der Waals surface area contributed by atoms with Crippen LogP contribution in [0.5, 0.6) is 0 Å². The van der Waals surface area contributed by atoms with Crippen molar-refractivity contribution in [3.05, 3.63) is 52.6 Å². The molecule has 0 bridgehead atoms. The molecule has 0 unspecified atom stereocenters. The second-order valence-corrected chi connectivity index (χ2v) is 8.89.